The molecule has 0 bridgehead atoms. The van der Waals surface area contributed by atoms with Gasteiger partial charge in [0.05, 0.1) is 18.9 Å². The molecule has 0 radical (unpaired) electrons. The van der Waals surface area contributed by atoms with Gasteiger partial charge in [0.2, 0.25) is 0 Å². The second-order valence-corrected chi connectivity index (χ2v) is 8.40. The monoisotopic (exact) mass is 492 g/mol. The molecule has 35 heavy (non-hydrogen) atoms. The zero-order chi connectivity index (χ0) is 24.6. The lowest BCUT2D eigenvalue weighted by molar-refractivity contribution is -0.122. The summed E-state index contributed by atoms with van der Waals surface area (Å²) in [6, 6.07) is 21.5. The normalized spacial score (nSPS) is 17.3. The Labute approximate surface area is 208 Å². The van der Waals surface area contributed by atoms with Crippen molar-refractivity contribution in [1.29, 1.82) is 0 Å². The van der Waals surface area contributed by atoms with Crippen LogP contribution < -0.4 is 21.0 Å². The van der Waals surface area contributed by atoms with Gasteiger partial charge < -0.3 is 9.47 Å². The molecule has 9 heteroatoms. The first-order valence-electron chi connectivity index (χ1n) is 11.0. The highest BCUT2D eigenvalue weighted by molar-refractivity contribution is 6.30. The first-order valence-corrected chi connectivity index (χ1v) is 11.4. The molecule has 2 atom stereocenters. The van der Waals surface area contributed by atoms with E-state index in [-0.39, 0.29) is 11.9 Å². The van der Waals surface area contributed by atoms with Crippen molar-refractivity contribution in [1.82, 2.24) is 16.3 Å². The summed E-state index contributed by atoms with van der Waals surface area (Å²) in [4.78, 5) is 24.0. The summed E-state index contributed by atoms with van der Waals surface area (Å²) in [5, 5.41) is 4.70. The molecule has 1 aliphatic rings. The second kappa shape index (κ2) is 11.6. The molecule has 1 fully saturated rings. The van der Waals surface area contributed by atoms with Gasteiger partial charge in [-0.1, -0.05) is 48.0 Å². The van der Waals surface area contributed by atoms with Gasteiger partial charge in [-0.3, -0.25) is 4.79 Å². The van der Waals surface area contributed by atoms with E-state index in [0.29, 0.717) is 23.6 Å². The molecule has 0 aliphatic carbocycles. The van der Waals surface area contributed by atoms with Crippen LogP contribution in [-0.4, -0.2) is 31.2 Å². The molecule has 0 spiro atoms. The van der Waals surface area contributed by atoms with E-state index in [2.05, 4.69) is 26.1 Å². The van der Waals surface area contributed by atoms with Gasteiger partial charge in [0, 0.05) is 11.1 Å². The van der Waals surface area contributed by atoms with Crippen LogP contribution in [0.2, 0.25) is 5.02 Å². The highest BCUT2D eigenvalue weighted by Crippen LogP contribution is 2.26. The molecule has 1 saturated heterocycles. The summed E-state index contributed by atoms with van der Waals surface area (Å²) in [5.41, 5.74) is 12.0. The van der Waals surface area contributed by atoms with Crippen molar-refractivity contribution < 1.29 is 19.1 Å². The largest absolute Gasteiger partial charge is 0.489 e. The number of nitrogens with one attached hydrogen (secondary N) is 3. The van der Waals surface area contributed by atoms with Crippen molar-refractivity contribution in [3.8, 4) is 5.75 Å². The van der Waals surface area contributed by atoms with Gasteiger partial charge in [-0.05, 0) is 59.5 Å². The van der Waals surface area contributed by atoms with E-state index in [9.17, 15) is 9.59 Å². The van der Waals surface area contributed by atoms with E-state index >= 15 is 0 Å². The maximum atomic E-state index is 12.5. The number of rotatable bonds is 8. The number of hydrogen-bond acceptors (Lipinski definition) is 7. The Hall–Kier alpha value is -3.72. The van der Waals surface area contributed by atoms with Crippen molar-refractivity contribution in [2.75, 3.05) is 7.11 Å². The fraction of sp³-hybridized carbons (Fsp3) is 0.192. The third-order valence-corrected chi connectivity index (χ3v) is 5.77. The number of amides is 1. The van der Waals surface area contributed by atoms with Gasteiger partial charge in [-0.25, -0.2) is 21.1 Å². The van der Waals surface area contributed by atoms with Gasteiger partial charge in [0.25, 0.3) is 5.91 Å². The number of hydrazine groups is 1. The van der Waals surface area contributed by atoms with Crippen LogP contribution in [0.3, 0.4) is 0 Å². The average Bonchev–Trinajstić information content (AvgIpc) is 3.39. The molecular formula is C26H25ClN4O4. The van der Waals surface area contributed by atoms with E-state index in [0.717, 1.165) is 22.4 Å². The zero-order valence-electron chi connectivity index (χ0n) is 19.0. The fourth-order valence-corrected chi connectivity index (χ4v) is 3.71. The Balaban J connectivity index is 1.27. The number of ether oxygens (including phenoxy) is 2. The molecule has 3 N–H and O–H groups in total. The van der Waals surface area contributed by atoms with Crippen molar-refractivity contribution in [2.24, 2.45) is 5.10 Å². The number of nitrogens with zero attached hydrogens (tertiary/aromatic N) is 1. The number of esters is 1. The summed E-state index contributed by atoms with van der Waals surface area (Å²) in [5.74, 6) is 0.0855. The molecule has 1 heterocycles. The summed E-state index contributed by atoms with van der Waals surface area (Å²) in [6.45, 7) is 0.436. The van der Waals surface area contributed by atoms with Crippen molar-refractivity contribution in [3.63, 3.8) is 0 Å². The molecule has 1 amide bonds. The van der Waals surface area contributed by atoms with Crippen molar-refractivity contribution >= 4 is 29.7 Å². The SMILES string of the molecule is COC(=O)c1ccc(/C=N\NC(=O)C2CC(c3cccc(OCc4ccc(Cl)cc4)c3)NN2)cc1. The van der Waals surface area contributed by atoms with E-state index in [1.807, 2.05) is 48.5 Å². The van der Waals surface area contributed by atoms with Crippen LogP contribution >= 0.6 is 11.6 Å². The fourth-order valence-electron chi connectivity index (χ4n) is 3.59. The minimum Gasteiger partial charge on any atom is -0.489 e. The standard InChI is InChI=1S/C26H25ClN4O4/c1-34-26(33)19-9-5-17(6-10-19)15-28-31-25(32)24-14-23(29-30-24)20-3-2-4-22(13-20)35-16-18-7-11-21(27)12-8-18/h2-13,15,23-24,29-30H,14,16H2,1H3,(H,31,32)/b28-15-. The van der Waals surface area contributed by atoms with Crippen LogP contribution in [0.15, 0.2) is 77.9 Å². The Bertz CT molecular complexity index is 1200. The van der Waals surface area contributed by atoms with E-state index in [4.69, 9.17) is 16.3 Å². The van der Waals surface area contributed by atoms with Gasteiger partial charge in [-0.2, -0.15) is 5.10 Å². The third-order valence-electron chi connectivity index (χ3n) is 5.52. The maximum absolute atomic E-state index is 12.5. The predicted octanol–water partition coefficient (Wildman–Crippen LogP) is 3.76. The lowest BCUT2D eigenvalue weighted by atomic mass is 10.0. The molecular weight excluding hydrogens is 468 g/mol. The first kappa shape index (κ1) is 24.4. The van der Waals surface area contributed by atoms with E-state index < -0.39 is 12.0 Å². The van der Waals surface area contributed by atoms with Crippen LogP contribution in [0.25, 0.3) is 0 Å². The number of methoxy groups -OCH3 is 1. The lowest BCUT2D eigenvalue weighted by Crippen LogP contribution is -2.41. The quantitative estimate of drug-likeness (QED) is 0.251. The molecule has 0 aromatic heterocycles. The molecule has 3 aromatic carbocycles. The number of halogens is 1. The number of carbonyl (C=O) groups is 2. The molecule has 0 saturated carbocycles. The number of carbonyl (C=O) groups excluding carboxylic acids is 2. The first-order chi connectivity index (χ1) is 17.0. The number of hydrogen-bond donors (Lipinski definition) is 3. The van der Waals surface area contributed by atoms with E-state index in [1.54, 1.807) is 24.3 Å². The van der Waals surface area contributed by atoms with Crippen LogP contribution in [0, 0.1) is 0 Å². The highest BCUT2D eigenvalue weighted by atomic mass is 35.5. The van der Waals surface area contributed by atoms with Crippen LogP contribution in [-0.2, 0) is 16.1 Å². The molecule has 180 valence electrons. The predicted molar refractivity (Wildman–Crippen MR) is 133 cm³/mol. The highest BCUT2D eigenvalue weighted by Gasteiger charge is 2.30. The van der Waals surface area contributed by atoms with Crippen molar-refractivity contribution in [3.05, 3.63) is 100 Å². The third kappa shape index (κ3) is 6.66. The Morgan fingerprint density at radius 2 is 1.86 bits per heavy atom. The van der Waals surface area contributed by atoms with Gasteiger partial charge >= 0.3 is 5.97 Å². The average molecular weight is 493 g/mol. The van der Waals surface area contributed by atoms with Gasteiger partial charge in [0.15, 0.2) is 0 Å². The minimum atomic E-state index is -0.447. The van der Waals surface area contributed by atoms with E-state index in [1.165, 1.54) is 13.3 Å². The minimum absolute atomic E-state index is 0.0559. The van der Waals surface area contributed by atoms with Crippen LogP contribution in [0.5, 0.6) is 5.75 Å². The maximum Gasteiger partial charge on any atom is 0.337 e. The van der Waals surface area contributed by atoms with Gasteiger partial charge in [0.1, 0.15) is 18.4 Å². The Kier molecular flexibility index (Phi) is 8.10. The molecule has 1 aliphatic heterocycles. The summed E-state index contributed by atoms with van der Waals surface area (Å²) in [7, 11) is 1.33. The van der Waals surface area contributed by atoms with Crippen LogP contribution in [0.1, 0.15) is 39.5 Å². The molecule has 3 aromatic rings. The van der Waals surface area contributed by atoms with Crippen LogP contribution in [0.4, 0.5) is 0 Å². The summed E-state index contributed by atoms with van der Waals surface area (Å²) in [6.07, 6.45) is 2.07. The summed E-state index contributed by atoms with van der Waals surface area (Å²) < 4.78 is 10.6. The lowest BCUT2D eigenvalue weighted by Gasteiger charge is -2.12. The molecule has 4 rings (SSSR count). The Morgan fingerprint density at radius 3 is 2.60 bits per heavy atom. The molecule has 2 unspecified atom stereocenters. The zero-order valence-corrected chi connectivity index (χ0v) is 19.8. The van der Waals surface area contributed by atoms with Gasteiger partial charge in [-0.15, -0.1) is 0 Å². The Morgan fingerprint density at radius 1 is 1.09 bits per heavy atom. The van der Waals surface area contributed by atoms with Crippen molar-refractivity contribution in [2.45, 2.75) is 25.1 Å². The number of hydrazone groups is 1. The topological polar surface area (TPSA) is 101 Å². The summed E-state index contributed by atoms with van der Waals surface area (Å²) >= 11 is 5.93. The smallest absolute Gasteiger partial charge is 0.337 e. The number of benzene rings is 3. The molecule has 8 nitrogen and oxygen atoms in total. The second-order valence-electron chi connectivity index (χ2n) is 7.97.